The SMILES string of the molecule is C[C@@H]1CN(c2cc(F)c(-c3ccc4c(c3)OCO4)cc2NC(=O)c2c[nH]c(=O)cc2C(F)(F)F)C[C@H](C)N1C. The fourth-order valence-electron chi connectivity index (χ4n) is 4.89. The van der Waals surface area contributed by atoms with Crippen molar-refractivity contribution in [1.29, 1.82) is 0 Å². The Bertz CT molecular complexity index is 1480. The van der Waals surface area contributed by atoms with Gasteiger partial charge in [0.25, 0.3) is 5.91 Å². The van der Waals surface area contributed by atoms with Gasteiger partial charge in [-0.1, -0.05) is 6.07 Å². The molecule has 39 heavy (non-hydrogen) atoms. The second-order valence-electron chi connectivity index (χ2n) is 9.76. The van der Waals surface area contributed by atoms with Gasteiger partial charge in [0.2, 0.25) is 12.4 Å². The Labute approximate surface area is 221 Å². The van der Waals surface area contributed by atoms with Gasteiger partial charge >= 0.3 is 6.18 Å². The van der Waals surface area contributed by atoms with E-state index in [-0.39, 0.29) is 30.1 Å². The molecule has 0 aliphatic carbocycles. The van der Waals surface area contributed by atoms with Crippen molar-refractivity contribution in [2.45, 2.75) is 32.1 Å². The van der Waals surface area contributed by atoms with E-state index in [4.69, 9.17) is 9.47 Å². The molecule has 2 aromatic carbocycles. The molecular weight excluding hydrogens is 520 g/mol. The zero-order valence-electron chi connectivity index (χ0n) is 21.4. The smallest absolute Gasteiger partial charge is 0.417 e. The summed E-state index contributed by atoms with van der Waals surface area (Å²) >= 11 is 0. The molecule has 1 amide bonds. The second kappa shape index (κ2) is 9.92. The summed E-state index contributed by atoms with van der Waals surface area (Å²) < 4.78 is 67.3. The number of nitrogens with one attached hydrogen (secondary N) is 2. The zero-order valence-corrected chi connectivity index (χ0v) is 21.4. The van der Waals surface area contributed by atoms with Crippen LogP contribution in [0.4, 0.5) is 28.9 Å². The van der Waals surface area contributed by atoms with Crippen LogP contribution in [0.1, 0.15) is 29.8 Å². The number of hydrogen-bond donors (Lipinski definition) is 2. The van der Waals surface area contributed by atoms with Gasteiger partial charge in [0.15, 0.2) is 11.5 Å². The maximum atomic E-state index is 15.6. The second-order valence-corrected chi connectivity index (χ2v) is 9.76. The number of aromatic amines is 1. The van der Waals surface area contributed by atoms with Crippen LogP contribution in [0.25, 0.3) is 11.1 Å². The Balaban J connectivity index is 1.60. The first kappa shape index (κ1) is 26.5. The van der Waals surface area contributed by atoms with Gasteiger partial charge in [-0.3, -0.25) is 14.5 Å². The van der Waals surface area contributed by atoms with Crippen LogP contribution in [0, 0.1) is 5.82 Å². The first-order valence-corrected chi connectivity index (χ1v) is 12.2. The number of pyridine rings is 1. The number of nitrogens with zero attached hydrogens (tertiary/aromatic N) is 2. The molecule has 0 bridgehead atoms. The van der Waals surface area contributed by atoms with Crippen LogP contribution in [0.3, 0.4) is 0 Å². The number of likely N-dealkylation sites (N-methyl/N-ethyl adjacent to an activating group) is 1. The summed E-state index contributed by atoms with van der Waals surface area (Å²) in [5.41, 5.74) is -2.13. The number of alkyl halides is 3. The van der Waals surface area contributed by atoms with Crippen LogP contribution >= 0.6 is 0 Å². The lowest BCUT2D eigenvalue weighted by Crippen LogP contribution is -2.55. The van der Waals surface area contributed by atoms with E-state index in [2.05, 4.69) is 15.2 Å². The Morgan fingerprint density at radius 1 is 1.05 bits per heavy atom. The quantitative estimate of drug-likeness (QED) is 0.461. The number of rotatable bonds is 4. The number of ether oxygens (including phenoxy) is 2. The minimum atomic E-state index is -4.94. The van der Waals surface area contributed by atoms with Gasteiger partial charge in [-0.25, -0.2) is 4.39 Å². The monoisotopic (exact) mass is 546 g/mol. The van der Waals surface area contributed by atoms with E-state index in [0.717, 1.165) is 6.20 Å². The van der Waals surface area contributed by atoms with Gasteiger partial charge in [-0.05, 0) is 50.7 Å². The van der Waals surface area contributed by atoms with Crippen LogP contribution < -0.4 is 25.2 Å². The molecule has 0 saturated carbocycles. The normalized spacial score (nSPS) is 19.3. The fourth-order valence-corrected chi connectivity index (χ4v) is 4.89. The van der Waals surface area contributed by atoms with Gasteiger partial charge in [0.1, 0.15) is 5.82 Å². The molecule has 3 heterocycles. The molecule has 1 aromatic heterocycles. The topological polar surface area (TPSA) is 86.9 Å². The number of fused-ring (bicyclic) bond motifs is 1. The summed E-state index contributed by atoms with van der Waals surface area (Å²) in [7, 11) is 1.98. The van der Waals surface area contributed by atoms with Crippen molar-refractivity contribution in [2.24, 2.45) is 0 Å². The number of benzene rings is 2. The number of carbonyl (C=O) groups excluding carboxylic acids is 1. The fraction of sp³-hybridized carbons (Fsp3) is 0.333. The molecule has 1 saturated heterocycles. The van der Waals surface area contributed by atoms with Crippen molar-refractivity contribution in [3.63, 3.8) is 0 Å². The van der Waals surface area contributed by atoms with E-state index in [0.29, 0.717) is 41.9 Å². The molecular formula is C27H26F4N4O4. The first-order chi connectivity index (χ1) is 18.4. The van der Waals surface area contributed by atoms with Crippen molar-refractivity contribution in [3.8, 4) is 22.6 Å². The summed E-state index contributed by atoms with van der Waals surface area (Å²) in [5.74, 6) is -0.756. The van der Waals surface area contributed by atoms with Gasteiger partial charge < -0.3 is 24.7 Å². The number of H-pyrrole nitrogens is 1. The molecule has 5 rings (SSSR count). The highest BCUT2D eigenvalue weighted by atomic mass is 19.4. The van der Waals surface area contributed by atoms with E-state index in [1.54, 1.807) is 18.2 Å². The third-order valence-corrected chi connectivity index (χ3v) is 7.19. The number of amides is 1. The van der Waals surface area contributed by atoms with Crippen molar-refractivity contribution >= 4 is 17.3 Å². The Morgan fingerprint density at radius 3 is 2.44 bits per heavy atom. The lowest BCUT2D eigenvalue weighted by Gasteiger charge is -2.44. The Kier molecular flexibility index (Phi) is 6.75. The summed E-state index contributed by atoms with van der Waals surface area (Å²) in [6.45, 7) is 5.04. The molecule has 0 radical (unpaired) electrons. The third-order valence-electron chi connectivity index (χ3n) is 7.19. The zero-order chi connectivity index (χ0) is 28.1. The Hall–Kier alpha value is -4.06. The number of anilines is 2. The predicted octanol–water partition coefficient (Wildman–Crippen LogP) is 4.71. The highest BCUT2D eigenvalue weighted by molar-refractivity contribution is 6.07. The number of hydrogen-bond acceptors (Lipinski definition) is 6. The molecule has 2 atom stereocenters. The van der Waals surface area contributed by atoms with Gasteiger partial charge in [0, 0.05) is 43.0 Å². The lowest BCUT2D eigenvalue weighted by molar-refractivity contribution is -0.138. The highest BCUT2D eigenvalue weighted by Gasteiger charge is 2.36. The van der Waals surface area contributed by atoms with E-state index in [9.17, 15) is 22.8 Å². The van der Waals surface area contributed by atoms with Crippen LogP contribution in [-0.4, -0.2) is 54.8 Å². The molecule has 2 aliphatic rings. The number of piperazine rings is 1. The first-order valence-electron chi connectivity index (χ1n) is 12.2. The van der Waals surface area contributed by atoms with Crippen molar-refractivity contribution in [2.75, 3.05) is 37.1 Å². The summed E-state index contributed by atoms with van der Waals surface area (Å²) in [6.07, 6.45) is -4.21. The van der Waals surface area contributed by atoms with Crippen LogP contribution in [0.5, 0.6) is 11.5 Å². The molecule has 2 N–H and O–H groups in total. The minimum absolute atomic E-state index is 0.0298. The third kappa shape index (κ3) is 5.16. The molecule has 2 aliphatic heterocycles. The average molecular weight is 547 g/mol. The molecule has 1 fully saturated rings. The van der Waals surface area contributed by atoms with Crippen LogP contribution in [0.2, 0.25) is 0 Å². The van der Waals surface area contributed by atoms with E-state index in [1.807, 2.05) is 25.8 Å². The maximum Gasteiger partial charge on any atom is 0.417 e. The molecule has 12 heteroatoms. The molecule has 3 aromatic rings. The van der Waals surface area contributed by atoms with Crippen molar-refractivity contribution in [3.05, 3.63) is 69.9 Å². The van der Waals surface area contributed by atoms with Gasteiger partial charge in [0.05, 0.1) is 22.5 Å². The molecule has 206 valence electrons. The van der Waals surface area contributed by atoms with Crippen molar-refractivity contribution < 1.29 is 31.8 Å². The standard InChI is InChI=1S/C27H26F4N4O4/c1-14-11-35(12-15(2)34(14)3)22-9-20(28)17(16-4-5-23-24(6-16)39-13-38-23)7-21(22)33-26(37)18-10-32-25(36)8-19(18)27(29,30)31/h4-10,14-15H,11-13H2,1-3H3,(H,32,36)(H,33,37)/t14-,15+. The largest absolute Gasteiger partial charge is 0.454 e. The highest BCUT2D eigenvalue weighted by Crippen LogP contribution is 2.40. The number of carbonyl (C=O) groups is 1. The Morgan fingerprint density at radius 2 is 1.74 bits per heavy atom. The van der Waals surface area contributed by atoms with Gasteiger partial charge in [-0.15, -0.1) is 0 Å². The average Bonchev–Trinajstić information content (AvgIpc) is 3.35. The van der Waals surface area contributed by atoms with E-state index < -0.39 is 34.6 Å². The minimum Gasteiger partial charge on any atom is -0.454 e. The predicted molar refractivity (Wildman–Crippen MR) is 137 cm³/mol. The number of aromatic nitrogens is 1. The molecule has 0 unspecified atom stereocenters. The van der Waals surface area contributed by atoms with Crippen LogP contribution in [-0.2, 0) is 6.18 Å². The van der Waals surface area contributed by atoms with Gasteiger partial charge in [-0.2, -0.15) is 13.2 Å². The summed E-state index contributed by atoms with van der Waals surface area (Å²) in [6, 6.07) is 8.03. The van der Waals surface area contributed by atoms with Crippen molar-refractivity contribution in [1.82, 2.24) is 9.88 Å². The summed E-state index contributed by atoms with van der Waals surface area (Å²) in [4.78, 5) is 31.0. The van der Waals surface area contributed by atoms with Crippen LogP contribution in [0.15, 0.2) is 47.4 Å². The number of halogens is 4. The lowest BCUT2D eigenvalue weighted by atomic mass is 10.0. The van der Waals surface area contributed by atoms with E-state index in [1.165, 1.54) is 12.1 Å². The maximum absolute atomic E-state index is 15.6. The molecule has 8 nitrogen and oxygen atoms in total. The van der Waals surface area contributed by atoms with E-state index >= 15 is 4.39 Å². The molecule has 0 spiro atoms. The summed E-state index contributed by atoms with van der Waals surface area (Å²) in [5, 5.41) is 2.55.